The number of nitrogens with two attached hydrogens (primary N) is 1. The van der Waals surface area contributed by atoms with Gasteiger partial charge in [0, 0.05) is 22.6 Å². The summed E-state index contributed by atoms with van der Waals surface area (Å²) in [5, 5.41) is 25.2. The third-order valence-corrected chi connectivity index (χ3v) is 6.17. The highest BCUT2D eigenvalue weighted by Crippen LogP contribution is 2.43. The Morgan fingerprint density at radius 1 is 1.24 bits per heavy atom. The molecule has 3 N–H and O–H groups in total. The molecule has 5 rings (SSSR count). The zero-order valence-corrected chi connectivity index (χ0v) is 18.2. The molecule has 7 nitrogen and oxygen atoms in total. The summed E-state index contributed by atoms with van der Waals surface area (Å²) in [5.41, 5.74) is 8.27. The van der Waals surface area contributed by atoms with E-state index in [1.54, 1.807) is 49.0 Å². The van der Waals surface area contributed by atoms with E-state index < -0.39 is 5.60 Å². The normalized spacial score (nSPS) is 19.8. The number of fused-ring (bicyclic) bond motifs is 1. The van der Waals surface area contributed by atoms with Crippen LogP contribution in [-0.2, 0) is 0 Å². The monoisotopic (exact) mass is 443 g/mol. The van der Waals surface area contributed by atoms with Crippen molar-refractivity contribution in [2.75, 3.05) is 12.8 Å². The average molecular weight is 443 g/mol. The molecular formula is C25H22FN5O2. The van der Waals surface area contributed by atoms with Crippen LogP contribution in [0.5, 0.6) is 5.75 Å². The van der Waals surface area contributed by atoms with Gasteiger partial charge in [-0.05, 0) is 44.0 Å². The first-order chi connectivity index (χ1) is 15.8. The average Bonchev–Trinajstić information content (AvgIpc) is 3.12. The highest BCUT2D eigenvalue weighted by Gasteiger charge is 2.41. The van der Waals surface area contributed by atoms with Crippen LogP contribution in [0.15, 0.2) is 48.5 Å². The maximum Gasteiger partial charge on any atom is 0.140 e. The lowest BCUT2D eigenvalue weighted by molar-refractivity contribution is -0.0535. The minimum absolute atomic E-state index is 0.0628. The minimum Gasteiger partial charge on any atom is -0.496 e. The van der Waals surface area contributed by atoms with Gasteiger partial charge in [-0.2, -0.15) is 10.4 Å². The van der Waals surface area contributed by atoms with Crippen LogP contribution in [0.4, 0.5) is 10.2 Å². The number of nitrogen functional groups attached to an aromatic ring is 1. The van der Waals surface area contributed by atoms with E-state index in [0.29, 0.717) is 46.6 Å². The van der Waals surface area contributed by atoms with E-state index >= 15 is 0 Å². The molecule has 1 aliphatic rings. The van der Waals surface area contributed by atoms with Crippen molar-refractivity contribution in [2.45, 2.75) is 31.4 Å². The van der Waals surface area contributed by atoms with Gasteiger partial charge in [0.15, 0.2) is 0 Å². The first-order valence-corrected chi connectivity index (χ1v) is 10.6. The topological polar surface area (TPSA) is 110 Å². The summed E-state index contributed by atoms with van der Waals surface area (Å²) in [7, 11) is 1.55. The lowest BCUT2D eigenvalue weighted by Gasteiger charge is -2.41. The van der Waals surface area contributed by atoms with E-state index in [4.69, 9.17) is 10.5 Å². The maximum atomic E-state index is 14.4. The standard InChI is InChI=1S/C25H22FN5O2/c1-25(32)11-15(12-25)31-24(28)18(13-27)23(30-31)14-7-8-17-20(9-14)29-21(10-22(17)33-2)16-5-3-4-6-19(16)26/h3-10,15,32H,11-12,28H2,1-2H3. The summed E-state index contributed by atoms with van der Waals surface area (Å²) in [6.45, 7) is 1.77. The Labute approximate surface area is 189 Å². The Kier molecular flexibility index (Phi) is 4.80. The Morgan fingerprint density at radius 3 is 2.67 bits per heavy atom. The van der Waals surface area contributed by atoms with E-state index in [2.05, 4.69) is 16.2 Å². The second-order valence-corrected chi connectivity index (χ2v) is 8.65. The Bertz CT molecular complexity index is 1430. The fourth-order valence-corrected chi connectivity index (χ4v) is 4.49. The molecule has 4 aromatic rings. The number of hydrogen-bond donors (Lipinski definition) is 2. The molecule has 1 aliphatic carbocycles. The fourth-order valence-electron chi connectivity index (χ4n) is 4.49. The first kappa shape index (κ1) is 20.9. The molecule has 166 valence electrons. The molecule has 2 heterocycles. The lowest BCUT2D eigenvalue weighted by atomic mass is 9.77. The third kappa shape index (κ3) is 3.47. The van der Waals surface area contributed by atoms with Crippen LogP contribution < -0.4 is 10.5 Å². The molecule has 0 atom stereocenters. The van der Waals surface area contributed by atoms with E-state index in [1.165, 1.54) is 6.07 Å². The van der Waals surface area contributed by atoms with Crippen LogP contribution in [0.25, 0.3) is 33.4 Å². The van der Waals surface area contributed by atoms with Crippen molar-refractivity contribution in [3.8, 4) is 34.3 Å². The molecule has 33 heavy (non-hydrogen) atoms. The van der Waals surface area contributed by atoms with Gasteiger partial charge in [0.2, 0.25) is 0 Å². The molecule has 2 aromatic carbocycles. The number of benzene rings is 2. The number of hydrogen-bond acceptors (Lipinski definition) is 6. The van der Waals surface area contributed by atoms with E-state index in [1.807, 2.05) is 12.1 Å². The molecule has 0 bridgehead atoms. The number of ether oxygens (including phenoxy) is 1. The number of nitriles is 1. The summed E-state index contributed by atoms with van der Waals surface area (Å²) in [4.78, 5) is 4.67. The number of aliphatic hydroxyl groups is 1. The number of methoxy groups -OCH3 is 1. The van der Waals surface area contributed by atoms with Crippen molar-refractivity contribution in [2.24, 2.45) is 0 Å². The molecule has 0 radical (unpaired) electrons. The molecule has 0 amide bonds. The fraction of sp³-hybridized carbons (Fsp3) is 0.240. The number of pyridine rings is 1. The van der Waals surface area contributed by atoms with Gasteiger partial charge in [0.1, 0.15) is 34.7 Å². The van der Waals surface area contributed by atoms with Crippen molar-refractivity contribution >= 4 is 16.7 Å². The van der Waals surface area contributed by atoms with Crippen molar-refractivity contribution < 1.29 is 14.2 Å². The zero-order chi connectivity index (χ0) is 23.3. The second-order valence-electron chi connectivity index (χ2n) is 8.65. The highest BCUT2D eigenvalue weighted by molar-refractivity contribution is 5.91. The first-order valence-electron chi connectivity index (χ1n) is 10.6. The van der Waals surface area contributed by atoms with Gasteiger partial charge in [-0.3, -0.25) is 0 Å². The molecule has 0 aliphatic heterocycles. The second kappa shape index (κ2) is 7.57. The number of nitrogens with zero attached hydrogens (tertiary/aromatic N) is 4. The van der Waals surface area contributed by atoms with Crippen molar-refractivity contribution in [3.63, 3.8) is 0 Å². The Balaban J connectivity index is 1.64. The van der Waals surface area contributed by atoms with Gasteiger partial charge in [-0.15, -0.1) is 0 Å². The van der Waals surface area contributed by atoms with Gasteiger partial charge in [-0.25, -0.2) is 14.1 Å². The number of anilines is 1. The zero-order valence-electron chi connectivity index (χ0n) is 18.2. The number of halogens is 1. The predicted molar refractivity (Wildman–Crippen MR) is 123 cm³/mol. The third-order valence-electron chi connectivity index (χ3n) is 6.17. The van der Waals surface area contributed by atoms with Crippen LogP contribution in [-0.4, -0.2) is 32.6 Å². The summed E-state index contributed by atoms with van der Waals surface area (Å²) < 4.78 is 21.6. The van der Waals surface area contributed by atoms with Crippen molar-refractivity contribution in [1.29, 1.82) is 5.26 Å². The van der Waals surface area contributed by atoms with E-state index in [0.717, 1.165) is 5.39 Å². The van der Waals surface area contributed by atoms with E-state index in [-0.39, 0.29) is 23.2 Å². The van der Waals surface area contributed by atoms with Gasteiger partial charge in [0.25, 0.3) is 0 Å². The van der Waals surface area contributed by atoms with Gasteiger partial charge < -0.3 is 15.6 Å². The molecule has 8 heteroatoms. The van der Waals surface area contributed by atoms with Crippen LogP contribution in [0.3, 0.4) is 0 Å². The molecule has 0 saturated heterocycles. The molecule has 1 fully saturated rings. The minimum atomic E-state index is -0.747. The summed E-state index contributed by atoms with van der Waals surface area (Å²) in [5.74, 6) is 0.461. The van der Waals surface area contributed by atoms with E-state index in [9.17, 15) is 14.8 Å². The van der Waals surface area contributed by atoms with Crippen LogP contribution in [0.1, 0.15) is 31.4 Å². The van der Waals surface area contributed by atoms with Crippen LogP contribution in [0, 0.1) is 17.1 Å². The van der Waals surface area contributed by atoms with Crippen LogP contribution >= 0.6 is 0 Å². The SMILES string of the molecule is COc1cc(-c2ccccc2F)nc2cc(-c3nn(C4CC(C)(O)C4)c(N)c3C#N)ccc12. The number of aromatic nitrogens is 3. The Hall–Kier alpha value is -3.96. The molecular weight excluding hydrogens is 421 g/mol. The quantitative estimate of drug-likeness (QED) is 0.482. The molecule has 0 spiro atoms. The Morgan fingerprint density at radius 2 is 2.00 bits per heavy atom. The molecule has 0 unspecified atom stereocenters. The van der Waals surface area contributed by atoms with Crippen molar-refractivity contribution in [3.05, 3.63) is 59.9 Å². The predicted octanol–water partition coefficient (Wildman–Crippen LogP) is 4.45. The number of rotatable bonds is 4. The smallest absolute Gasteiger partial charge is 0.140 e. The molecule has 1 saturated carbocycles. The summed E-state index contributed by atoms with van der Waals surface area (Å²) in [6, 6.07) is 15.7. The maximum absolute atomic E-state index is 14.4. The lowest BCUT2D eigenvalue weighted by Crippen LogP contribution is -2.42. The van der Waals surface area contributed by atoms with Gasteiger partial charge in [0.05, 0.1) is 30.0 Å². The highest BCUT2D eigenvalue weighted by atomic mass is 19.1. The van der Waals surface area contributed by atoms with Crippen LogP contribution in [0.2, 0.25) is 0 Å². The van der Waals surface area contributed by atoms with Crippen molar-refractivity contribution in [1.82, 2.24) is 14.8 Å². The summed E-state index contributed by atoms with van der Waals surface area (Å²) >= 11 is 0. The van der Waals surface area contributed by atoms with Gasteiger partial charge in [-0.1, -0.05) is 18.2 Å². The largest absolute Gasteiger partial charge is 0.496 e. The summed E-state index contributed by atoms with van der Waals surface area (Å²) in [6.07, 6.45) is 1.04. The molecule has 2 aromatic heterocycles. The van der Waals surface area contributed by atoms with Gasteiger partial charge >= 0.3 is 0 Å².